The van der Waals surface area contributed by atoms with E-state index in [1.54, 1.807) is 18.2 Å². The molecule has 1 aromatic carbocycles. The molecule has 5 heteroatoms. The van der Waals surface area contributed by atoms with E-state index in [0.717, 1.165) is 12.8 Å². The van der Waals surface area contributed by atoms with Crippen LogP contribution in [0.15, 0.2) is 18.2 Å². The van der Waals surface area contributed by atoms with E-state index in [9.17, 15) is 9.59 Å². The third kappa shape index (κ3) is 9.45. The Hall–Kier alpha value is -2.04. The smallest absolute Gasteiger partial charge is 0.311 e. The van der Waals surface area contributed by atoms with Gasteiger partial charge in [0.2, 0.25) is 5.75 Å². The molecule has 27 heavy (non-hydrogen) atoms. The van der Waals surface area contributed by atoms with Crippen LogP contribution in [0, 0.1) is 11.8 Å². The Bertz CT molecular complexity index is 626. The van der Waals surface area contributed by atoms with E-state index in [4.69, 9.17) is 14.2 Å². The van der Waals surface area contributed by atoms with Gasteiger partial charge < -0.3 is 14.2 Å². The molecule has 0 amide bonds. The van der Waals surface area contributed by atoms with Gasteiger partial charge in [-0.3, -0.25) is 9.59 Å². The summed E-state index contributed by atoms with van der Waals surface area (Å²) in [5.41, 5.74) is -0.487. The minimum Gasteiger partial charge on any atom is -0.484 e. The van der Waals surface area contributed by atoms with Crippen LogP contribution in [-0.4, -0.2) is 17.5 Å². The maximum absolute atomic E-state index is 12.3. The third-order valence-corrected chi connectivity index (χ3v) is 3.65. The lowest BCUT2D eigenvalue weighted by molar-refractivity contribution is -0.137. The number of ether oxygens (including phenoxy) is 3. The number of hydrogen-bond donors (Lipinski definition) is 0. The fourth-order valence-corrected chi connectivity index (χ4v) is 2.24. The van der Waals surface area contributed by atoms with Crippen LogP contribution < -0.4 is 14.2 Å². The first kappa shape index (κ1) is 23.0. The Morgan fingerprint density at radius 2 is 1.33 bits per heavy atom. The zero-order valence-corrected chi connectivity index (χ0v) is 17.8. The van der Waals surface area contributed by atoms with E-state index in [-0.39, 0.29) is 23.4 Å². The normalized spacial score (nSPS) is 11.6. The fraction of sp³-hybridized carbons (Fsp3) is 0.636. The zero-order valence-electron chi connectivity index (χ0n) is 17.8. The van der Waals surface area contributed by atoms with Gasteiger partial charge >= 0.3 is 11.9 Å². The summed E-state index contributed by atoms with van der Waals surface area (Å²) in [4.78, 5) is 24.4. The van der Waals surface area contributed by atoms with E-state index >= 15 is 0 Å². The highest BCUT2D eigenvalue weighted by molar-refractivity contribution is 5.77. The van der Waals surface area contributed by atoms with Crippen molar-refractivity contribution in [3.63, 3.8) is 0 Å². The summed E-state index contributed by atoms with van der Waals surface area (Å²) in [6.07, 6.45) is 2.07. The summed E-state index contributed by atoms with van der Waals surface area (Å²) in [5.74, 6) is 0.842. The molecule has 0 saturated heterocycles. The van der Waals surface area contributed by atoms with Crippen molar-refractivity contribution in [1.29, 1.82) is 0 Å². The SMILES string of the molecule is CC(C)CCC(=O)Oc1cccc(OC(C)(C)C)c1OC(=O)CCC(C)C. The molecule has 0 fully saturated rings. The largest absolute Gasteiger partial charge is 0.484 e. The molecule has 0 aliphatic heterocycles. The van der Waals surface area contributed by atoms with Crippen LogP contribution in [-0.2, 0) is 9.59 Å². The maximum atomic E-state index is 12.3. The lowest BCUT2D eigenvalue weighted by atomic mass is 10.1. The average molecular weight is 379 g/mol. The molecule has 5 nitrogen and oxygen atoms in total. The molecule has 1 rings (SSSR count). The highest BCUT2D eigenvalue weighted by atomic mass is 16.6. The molecule has 0 aromatic heterocycles. The van der Waals surface area contributed by atoms with Gasteiger partial charge in [0.1, 0.15) is 5.60 Å². The monoisotopic (exact) mass is 378 g/mol. The van der Waals surface area contributed by atoms with Crippen molar-refractivity contribution in [2.45, 2.75) is 79.8 Å². The Morgan fingerprint density at radius 1 is 0.852 bits per heavy atom. The lowest BCUT2D eigenvalue weighted by Crippen LogP contribution is -2.24. The summed E-state index contributed by atoms with van der Waals surface area (Å²) in [7, 11) is 0. The van der Waals surface area contributed by atoms with Gasteiger partial charge in [-0.25, -0.2) is 0 Å². The van der Waals surface area contributed by atoms with Crippen molar-refractivity contribution >= 4 is 11.9 Å². The van der Waals surface area contributed by atoms with Gasteiger partial charge in [0, 0.05) is 12.8 Å². The van der Waals surface area contributed by atoms with Crippen LogP contribution in [0.4, 0.5) is 0 Å². The van der Waals surface area contributed by atoms with Gasteiger partial charge in [-0.2, -0.15) is 0 Å². The molecule has 0 radical (unpaired) electrons. The van der Waals surface area contributed by atoms with Crippen LogP contribution in [0.25, 0.3) is 0 Å². The summed E-state index contributed by atoms with van der Waals surface area (Å²) in [6.45, 7) is 13.9. The van der Waals surface area contributed by atoms with Crippen molar-refractivity contribution in [3.8, 4) is 17.2 Å². The highest BCUT2D eigenvalue weighted by Gasteiger charge is 2.22. The summed E-state index contributed by atoms with van der Waals surface area (Å²) >= 11 is 0. The molecule has 1 aromatic rings. The number of para-hydroxylation sites is 1. The van der Waals surface area contributed by atoms with Crippen LogP contribution in [0.5, 0.6) is 17.2 Å². The first-order valence-electron chi connectivity index (χ1n) is 9.71. The summed E-state index contributed by atoms with van der Waals surface area (Å²) < 4.78 is 17.0. The Kier molecular flexibility index (Phi) is 8.80. The van der Waals surface area contributed by atoms with Crippen LogP contribution in [0.1, 0.15) is 74.1 Å². The number of carbonyl (C=O) groups is 2. The molecule has 0 aliphatic rings. The van der Waals surface area contributed by atoms with E-state index in [0.29, 0.717) is 30.4 Å². The van der Waals surface area contributed by atoms with Gasteiger partial charge in [-0.15, -0.1) is 0 Å². The first-order valence-corrected chi connectivity index (χ1v) is 9.71. The molecule has 152 valence electrons. The average Bonchev–Trinajstić information content (AvgIpc) is 2.52. The minimum atomic E-state index is -0.487. The fourth-order valence-electron chi connectivity index (χ4n) is 2.24. The first-order chi connectivity index (χ1) is 12.5. The predicted octanol–water partition coefficient (Wildman–Crippen LogP) is 5.55. The van der Waals surface area contributed by atoms with E-state index in [2.05, 4.69) is 0 Å². The molecule has 0 bridgehead atoms. The summed E-state index contributed by atoms with van der Waals surface area (Å²) in [5, 5.41) is 0. The molecular formula is C22H34O5. The zero-order chi connectivity index (χ0) is 20.6. The molecule has 0 unspecified atom stereocenters. The molecular weight excluding hydrogens is 344 g/mol. The van der Waals surface area contributed by atoms with Crippen molar-refractivity contribution in [2.24, 2.45) is 11.8 Å². The van der Waals surface area contributed by atoms with Crippen molar-refractivity contribution in [1.82, 2.24) is 0 Å². The van der Waals surface area contributed by atoms with Crippen molar-refractivity contribution in [3.05, 3.63) is 18.2 Å². The second-order valence-electron chi connectivity index (χ2n) is 8.61. The molecule has 0 atom stereocenters. The predicted molar refractivity (Wildman–Crippen MR) is 106 cm³/mol. The standard InChI is InChI=1S/C22H34O5/c1-15(2)11-13-19(23)25-17-9-8-10-18(27-22(5,6)7)21(17)26-20(24)14-12-16(3)4/h8-10,15-16H,11-14H2,1-7H3. The van der Waals surface area contributed by atoms with Gasteiger partial charge in [-0.05, 0) is 57.6 Å². The number of esters is 2. The second-order valence-corrected chi connectivity index (χ2v) is 8.61. The van der Waals surface area contributed by atoms with Gasteiger partial charge in [0.15, 0.2) is 11.5 Å². The van der Waals surface area contributed by atoms with E-state index < -0.39 is 5.60 Å². The van der Waals surface area contributed by atoms with Crippen molar-refractivity contribution < 1.29 is 23.8 Å². The van der Waals surface area contributed by atoms with Crippen LogP contribution in [0.2, 0.25) is 0 Å². The highest BCUT2D eigenvalue weighted by Crippen LogP contribution is 2.39. The Morgan fingerprint density at radius 3 is 1.81 bits per heavy atom. The Labute approximate surface area is 163 Å². The minimum absolute atomic E-state index is 0.166. The summed E-state index contributed by atoms with van der Waals surface area (Å²) in [6, 6.07) is 5.05. The number of rotatable bonds is 9. The topological polar surface area (TPSA) is 61.8 Å². The second kappa shape index (κ2) is 10.3. The van der Waals surface area contributed by atoms with Crippen LogP contribution >= 0.6 is 0 Å². The molecule has 0 N–H and O–H groups in total. The quantitative estimate of drug-likeness (QED) is 0.416. The van der Waals surface area contributed by atoms with E-state index in [1.807, 2.05) is 48.5 Å². The van der Waals surface area contributed by atoms with Gasteiger partial charge in [0.25, 0.3) is 0 Å². The van der Waals surface area contributed by atoms with E-state index in [1.165, 1.54) is 0 Å². The number of benzene rings is 1. The lowest BCUT2D eigenvalue weighted by Gasteiger charge is -2.23. The molecule has 0 aliphatic carbocycles. The van der Waals surface area contributed by atoms with Crippen molar-refractivity contribution in [2.75, 3.05) is 0 Å². The number of carbonyl (C=O) groups excluding carboxylic acids is 2. The maximum Gasteiger partial charge on any atom is 0.311 e. The van der Waals surface area contributed by atoms with Gasteiger partial charge in [-0.1, -0.05) is 33.8 Å². The third-order valence-electron chi connectivity index (χ3n) is 3.65. The van der Waals surface area contributed by atoms with Gasteiger partial charge in [0.05, 0.1) is 0 Å². The van der Waals surface area contributed by atoms with Crippen LogP contribution in [0.3, 0.4) is 0 Å². The molecule has 0 saturated carbocycles. The molecule has 0 heterocycles. The number of hydrogen-bond acceptors (Lipinski definition) is 5. The molecule has 0 spiro atoms. The Balaban J connectivity index is 3.04.